The molecule has 2 aliphatic heterocycles. The molecule has 0 saturated carbocycles. The Morgan fingerprint density at radius 1 is 1.16 bits per heavy atom. The van der Waals surface area contributed by atoms with E-state index in [1.165, 1.54) is 6.07 Å². The van der Waals surface area contributed by atoms with Crippen molar-refractivity contribution in [2.24, 2.45) is 10.2 Å². The molecule has 1 amide bonds. The highest BCUT2D eigenvalue weighted by Crippen LogP contribution is 2.31. The first kappa shape index (κ1) is 19.6. The highest BCUT2D eigenvalue weighted by atomic mass is 19.1. The van der Waals surface area contributed by atoms with E-state index in [4.69, 9.17) is 0 Å². The van der Waals surface area contributed by atoms with Crippen molar-refractivity contribution in [3.8, 4) is 0 Å². The molecule has 3 heterocycles. The Hall–Kier alpha value is -3.35. The zero-order chi connectivity index (χ0) is 21.5. The van der Waals surface area contributed by atoms with Gasteiger partial charge >= 0.3 is 0 Å². The molecule has 7 heteroatoms. The van der Waals surface area contributed by atoms with Crippen molar-refractivity contribution in [2.75, 3.05) is 0 Å². The summed E-state index contributed by atoms with van der Waals surface area (Å²) in [4.78, 5) is 14.8. The zero-order valence-corrected chi connectivity index (χ0v) is 17.6. The molecule has 5 rings (SSSR count). The molecule has 0 fully saturated rings. The maximum atomic E-state index is 14.6. The van der Waals surface area contributed by atoms with Gasteiger partial charge in [0.15, 0.2) is 0 Å². The van der Waals surface area contributed by atoms with Crippen LogP contribution in [0.3, 0.4) is 0 Å². The van der Waals surface area contributed by atoms with Crippen LogP contribution >= 0.6 is 0 Å². The average molecular weight is 417 g/mol. The first-order valence-electron chi connectivity index (χ1n) is 10.6. The van der Waals surface area contributed by atoms with Gasteiger partial charge in [0.05, 0.1) is 24.3 Å². The minimum absolute atomic E-state index is 0.0976. The molecule has 0 saturated heterocycles. The lowest BCUT2D eigenvalue weighted by Gasteiger charge is -2.20. The van der Waals surface area contributed by atoms with E-state index in [1.54, 1.807) is 17.0 Å². The fourth-order valence-electron chi connectivity index (χ4n) is 4.27. The van der Waals surface area contributed by atoms with E-state index < -0.39 is 5.82 Å². The fourth-order valence-corrected chi connectivity index (χ4v) is 4.27. The number of carbonyl (C=O) groups excluding carboxylic acids is 1. The number of aromatic nitrogens is 2. The molecule has 158 valence electrons. The number of azo groups is 1. The molecule has 1 aromatic heterocycles. The van der Waals surface area contributed by atoms with Gasteiger partial charge in [-0.05, 0) is 42.7 Å². The summed E-state index contributed by atoms with van der Waals surface area (Å²) in [5.74, 6) is -0.810. The van der Waals surface area contributed by atoms with E-state index in [-0.39, 0.29) is 23.6 Å². The number of hydrogen-bond donors (Lipinski definition) is 0. The Balaban J connectivity index is 1.35. The van der Waals surface area contributed by atoms with Crippen LogP contribution in [-0.2, 0) is 26.1 Å². The van der Waals surface area contributed by atoms with Crippen molar-refractivity contribution in [2.45, 2.75) is 52.0 Å². The molecule has 1 unspecified atom stereocenters. The number of carbonyl (C=O) groups is 1. The summed E-state index contributed by atoms with van der Waals surface area (Å²) in [6.07, 6.45) is 2.55. The van der Waals surface area contributed by atoms with Gasteiger partial charge in [-0.3, -0.25) is 9.48 Å². The normalized spacial score (nSPS) is 17.2. The molecule has 2 aromatic carbocycles. The van der Waals surface area contributed by atoms with Crippen LogP contribution in [0.1, 0.15) is 64.2 Å². The molecule has 0 bridgehead atoms. The number of benzene rings is 2. The van der Waals surface area contributed by atoms with Crippen LogP contribution in [0.15, 0.2) is 58.9 Å². The Morgan fingerprint density at radius 3 is 2.81 bits per heavy atom. The molecular weight excluding hydrogens is 393 g/mol. The summed E-state index contributed by atoms with van der Waals surface area (Å²) in [7, 11) is 0. The maximum Gasteiger partial charge on any atom is 0.257 e. The molecule has 0 spiro atoms. The van der Waals surface area contributed by atoms with Crippen LogP contribution in [-0.4, -0.2) is 20.6 Å². The first-order valence-corrected chi connectivity index (χ1v) is 10.6. The van der Waals surface area contributed by atoms with Gasteiger partial charge in [0.25, 0.3) is 5.91 Å². The Labute approximate surface area is 180 Å². The molecule has 1 atom stereocenters. The lowest BCUT2D eigenvalue weighted by Crippen LogP contribution is -2.27. The molecule has 6 nitrogen and oxygen atoms in total. The summed E-state index contributed by atoms with van der Waals surface area (Å²) in [6, 6.07) is 13.0. The Bertz CT molecular complexity index is 1160. The van der Waals surface area contributed by atoms with Gasteiger partial charge in [-0.2, -0.15) is 15.3 Å². The second-order valence-corrected chi connectivity index (χ2v) is 8.48. The van der Waals surface area contributed by atoms with Gasteiger partial charge in [0.1, 0.15) is 11.9 Å². The topological polar surface area (TPSA) is 62.9 Å². The summed E-state index contributed by atoms with van der Waals surface area (Å²) in [5.41, 5.74) is 5.18. The fraction of sp³-hybridized carbons (Fsp3) is 0.333. The third kappa shape index (κ3) is 3.65. The van der Waals surface area contributed by atoms with Gasteiger partial charge in [-0.25, -0.2) is 4.39 Å². The van der Waals surface area contributed by atoms with Crippen molar-refractivity contribution >= 4 is 5.91 Å². The van der Waals surface area contributed by atoms with Crippen LogP contribution in [0.5, 0.6) is 0 Å². The monoisotopic (exact) mass is 417 g/mol. The SMILES string of the molecule is CC(C)n1cc2c(n1)CN(C(=O)c1cc(CC3N=NCc4ccccc43)ccc1F)C2. The van der Waals surface area contributed by atoms with Crippen LogP contribution in [0.2, 0.25) is 0 Å². The van der Waals surface area contributed by atoms with Crippen LogP contribution < -0.4 is 0 Å². The lowest BCUT2D eigenvalue weighted by molar-refractivity contribution is 0.0744. The summed E-state index contributed by atoms with van der Waals surface area (Å²) >= 11 is 0. The summed E-state index contributed by atoms with van der Waals surface area (Å²) in [5, 5.41) is 13.2. The molecule has 3 aromatic rings. The standard InChI is InChI=1S/C24H24FN5O/c1-15(2)30-13-18-12-29(14-23(18)28-30)24(31)20-9-16(7-8-21(20)25)10-22-19-6-4-3-5-17(19)11-26-27-22/h3-9,13,15,22H,10-12,14H2,1-2H3. The number of amides is 1. The van der Waals surface area contributed by atoms with Crippen molar-refractivity contribution in [3.63, 3.8) is 0 Å². The van der Waals surface area contributed by atoms with Gasteiger partial charge in [0.2, 0.25) is 0 Å². The van der Waals surface area contributed by atoms with Crippen molar-refractivity contribution in [1.29, 1.82) is 0 Å². The largest absolute Gasteiger partial charge is 0.328 e. The summed E-state index contributed by atoms with van der Waals surface area (Å²) in [6.45, 7) is 5.58. The highest BCUT2D eigenvalue weighted by molar-refractivity contribution is 5.95. The smallest absolute Gasteiger partial charge is 0.257 e. The quantitative estimate of drug-likeness (QED) is 0.599. The highest BCUT2D eigenvalue weighted by Gasteiger charge is 2.29. The van der Waals surface area contributed by atoms with Crippen LogP contribution in [0, 0.1) is 5.82 Å². The minimum atomic E-state index is -0.504. The Morgan fingerprint density at radius 2 is 2.00 bits per heavy atom. The van der Waals surface area contributed by atoms with E-state index in [1.807, 2.05) is 23.0 Å². The van der Waals surface area contributed by atoms with Gasteiger partial charge < -0.3 is 4.90 Å². The van der Waals surface area contributed by atoms with Crippen molar-refractivity contribution in [3.05, 3.63) is 88.0 Å². The number of hydrogen-bond acceptors (Lipinski definition) is 4. The zero-order valence-electron chi connectivity index (χ0n) is 17.6. The predicted molar refractivity (Wildman–Crippen MR) is 114 cm³/mol. The number of rotatable bonds is 4. The van der Waals surface area contributed by atoms with Gasteiger partial charge in [-0.1, -0.05) is 30.3 Å². The molecule has 31 heavy (non-hydrogen) atoms. The third-order valence-electron chi connectivity index (χ3n) is 5.98. The third-order valence-corrected chi connectivity index (χ3v) is 5.98. The summed E-state index contributed by atoms with van der Waals surface area (Å²) < 4.78 is 16.5. The maximum absolute atomic E-state index is 14.6. The molecule has 0 radical (unpaired) electrons. The first-order chi connectivity index (χ1) is 15.0. The van der Waals surface area contributed by atoms with E-state index in [9.17, 15) is 9.18 Å². The van der Waals surface area contributed by atoms with Crippen molar-refractivity contribution in [1.82, 2.24) is 14.7 Å². The molecule has 0 N–H and O–H groups in total. The molecule has 2 aliphatic rings. The number of nitrogens with zero attached hydrogens (tertiary/aromatic N) is 5. The average Bonchev–Trinajstić information content (AvgIpc) is 3.34. The van der Waals surface area contributed by atoms with Crippen LogP contribution in [0.25, 0.3) is 0 Å². The minimum Gasteiger partial charge on any atom is -0.328 e. The van der Waals surface area contributed by atoms with Gasteiger partial charge in [-0.15, -0.1) is 0 Å². The van der Waals surface area contributed by atoms with E-state index in [2.05, 4.69) is 41.3 Å². The van der Waals surface area contributed by atoms with E-state index in [0.717, 1.165) is 27.9 Å². The van der Waals surface area contributed by atoms with Crippen LogP contribution in [0.4, 0.5) is 4.39 Å². The number of fused-ring (bicyclic) bond motifs is 2. The molecule has 0 aliphatic carbocycles. The Kier molecular flexibility index (Phi) is 4.88. The number of halogens is 1. The second kappa shape index (κ2) is 7.72. The second-order valence-electron chi connectivity index (χ2n) is 8.48. The van der Waals surface area contributed by atoms with Crippen molar-refractivity contribution < 1.29 is 9.18 Å². The van der Waals surface area contributed by atoms with Gasteiger partial charge in [0, 0.05) is 30.8 Å². The molecular formula is C24H24FN5O. The predicted octanol–water partition coefficient (Wildman–Crippen LogP) is 5.01. The lowest BCUT2D eigenvalue weighted by atomic mass is 9.93. The van der Waals surface area contributed by atoms with E-state index >= 15 is 0 Å². The van der Waals surface area contributed by atoms with E-state index in [0.29, 0.717) is 26.1 Å².